The molecule has 1 aliphatic rings. The van der Waals surface area contributed by atoms with Crippen molar-refractivity contribution >= 4 is 15.9 Å². The highest BCUT2D eigenvalue weighted by Crippen LogP contribution is 2.18. The van der Waals surface area contributed by atoms with Gasteiger partial charge in [0.2, 0.25) is 10.0 Å². The lowest BCUT2D eigenvalue weighted by molar-refractivity contribution is -0.0192. The molecule has 1 aromatic carbocycles. The Labute approximate surface area is 130 Å². The van der Waals surface area contributed by atoms with Crippen LogP contribution in [0.15, 0.2) is 29.2 Å². The van der Waals surface area contributed by atoms with E-state index in [0.29, 0.717) is 18.7 Å². The Morgan fingerprint density at radius 1 is 1.36 bits per heavy atom. The first-order valence-electron chi connectivity index (χ1n) is 6.88. The SMILES string of the molecule is COCCNS(=O)(=O)c1cccc(C(=O)N2CC(OC)C2)c1. The van der Waals surface area contributed by atoms with Crippen LogP contribution in [0.4, 0.5) is 0 Å². The zero-order valence-electron chi connectivity index (χ0n) is 12.6. The van der Waals surface area contributed by atoms with E-state index < -0.39 is 10.0 Å². The van der Waals surface area contributed by atoms with Crippen molar-refractivity contribution in [2.24, 2.45) is 0 Å². The highest BCUT2D eigenvalue weighted by atomic mass is 32.2. The predicted octanol–water partition coefficient (Wildman–Crippen LogP) is 0.0821. The molecule has 1 aliphatic heterocycles. The molecule has 1 aromatic rings. The van der Waals surface area contributed by atoms with E-state index >= 15 is 0 Å². The number of amides is 1. The van der Waals surface area contributed by atoms with Crippen molar-refractivity contribution in [2.45, 2.75) is 11.0 Å². The van der Waals surface area contributed by atoms with Crippen molar-refractivity contribution in [3.8, 4) is 0 Å². The Balaban J connectivity index is 2.08. The Bertz CT molecular complexity index is 626. The van der Waals surface area contributed by atoms with Crippen LogP contribution < -0.4 is 4.72 Å². The molecule has 1 heterocycles. The molecule has 1 saturated heterocycles. The first-order valence-corrected chi connectivity index (χ1v) is 8.37. The second-order valence-electron chi connectivity index (χ2n) is 4.99. The largest absolute Gasteiger partial charge is 0.383 e. The number of ether oxygens (including phenoxy) is 2. The van der Waals surface area contributed by atoms with E-state index in [0.717, 1.165) is 0 Å². The second-order valence-corrected chi connectivity index (χ2v) is 6.75. The number of benzene rings is 1. The molecule has 7 nitrogen and oxygen atoms in total. The fraction of sp³-hybridized carbons (Fsp3) is 0.500. The lowest BCUT2D eigenvalue weighted by Crippen LogP contribution is -2.54. The lowest BCUT2D eigenvalue weighted by Gasteiger charge is -2.38. The van der Waals surface area contributed by atoms with E-state index in [-0.39, 0.29) is 30.1 Å². The quantitative estimate of drug-likeness (QED) is 0.717. The van der Waals surface area contributed by atoms with Crippen LogP contribution in [0.3, 0.4) is 0 Å². The van der Waals surface area contributed by atoms with Crippen LogP contribution >= 0.6 is 0 Å². The van der Waals surface area contributed by atoms with Gasteiger partial charge in [-0.25, -0.2) is 13.1 Å². The van der Waals surface area contributed by atoms with Crippen LogP contribution in [0.1, 0.15) is 10.4 Å². The molecule has 0 spiro atoms. The van der Waals surface area contributed by atoms with Crippen molar-refractivity contribution < 1.29 is 22.7 Å². The third-order valence-electron chi connectivity index (χ3n) is 3.46. The van der Waals surface area contributed by atoms with E-state index in [4.69, 9.17) is 9.47 Å². The standard InChI is InChI=1S/C14H20N2O5S/c1-20-7-6-15-22(18,19)13-5-3-4-11(8-13)14(17)16-9-12(10-16)21-2/h3-5,8,12,15H,6-7,9-10H2,1-2H3. The third kappa shape index (κ3) is 3.83. The zero-order chi connectivity index (χ0) is 16.2. The highest BCUT2D eigenvalue weighted by molar-refractivity contribution is 7.89. The Hall–Kier alpha value is -1.48. The van der Waals surface area contributed by atoms with Gasteiger partial charge in [0.15, 0.2) is 0 Å². The molecule has 8 heteroatoms. The molecule has 0 atom stereocenters. The van der Waals surface area contributed by atoms with Gasteiger partial charge in [-0.05, 0) is 18.2 Å². The number of nitrogens with one attached hydrogen (secondary N) is 1. The number of nitrogens with zero attached hydrogens (tertiary/aromatic N) is 1. The number of methoxy groups -OCH3 is 2. The minimum atomic E-state index is -3.64. The third-order valence-corrected chi connectivity index (χ3v) is 4.92. The summed E-state index contributed by atoms with van der Waals surface area (Å²) in [7, 11) is -0.547. The van der Waals surface area contributed by atoms with Gasteiger partial charge in [0, 0.05) is 39.4 Å². The summed E-state index contributed by atoms with van der Waals surface area (Å²) < 4.78 is 36.6. The van der Waals surface area contributed by atoms with Gasteiger partial charge in [0.25, 0.3) is 5.91 Å². The molecule has 0 aromatic heterocycles. The Morgan fingerprint density at radius 3 is 2.73 bits per heavy atom. The molecule has 0 saturated carbocycles. The maximum atomic E-state index is 12.3. The van der Waals surface area contributed by atoms with Gasteiger partial charge >= 0.3 is 0 Å². The minimum Gasteiger partial charge on any atom is -0.383 e. The summed E-state index contributed by atoms with van der Waals surface area (Å²) in [6.45, 7) is 1.51. The summed E-state index contributed by atoms with van der Waals surface area (Å²) in [5.74, 6) is -0.192. The first-order chi connectivity index (χ1) is 10.5. The molecule has 0 unspecified atom stereocenters. The minimum absolute atomic E-state index is 0.0616. The van der Waals surface area contributed by atoms with Gasteiger partial charge in [-0.1, -0.05) is 6.07 Å². The van der Waals surface area contributed by atoms with Gasteiger partial charge < -0.3 is 14.4 Å². The number of carbonyl (C=O) groups is 1. The summed E-state index contributed by atoms with van der Waals surface area (Å²) in [6.07, 6.45) is 0.0616. The average molecular weight is 328 g/mol. The van der Waals surface area contributed by atoms with Gasteiger partial charge in [-0.2, -0.15) is 0 Å². The van der Waals surface area contributed by atoms with Gasteiger partial charge in [-0.3, -0.25) is 4.79 Å². The number of hydrogen-bond donors (Lipinski definition) is 1. The second kappa shape index (κ2) is 7.19. The molecule has 0 aliphatic carbocycles. The number of carbonyl (C=O) groups excluding carboxylic acids is 1. The molecular weight excluding hydrogens is 308 g/mol. The van der Waals surface area contributed by atoms with Crippen molar-refractivity contribution in [1.29, 1.82) is 0 Å². The number of likely N-dealkylation sites (tertiary alicyclic amines) is 1. The van der Waals surface area contributed by atoms with E-state index in [1.165, 1.54) is 19.2 Å². The van der Waals surface area contributed by atoms with E-state index in [1.807, 2.05) is 0 Å². The predicted molar refractivity (Wildman–Crippen MR) is 80.2 cm³/mol. The summed E-state index contributed by atoms with van der Waals surface area (Å²) in [4.78, 5) is 14.0. The smallest absolute Gasteiger partial charge is 0.254 e. The van der Waals surface area contributed by atoms with E-state index in [2.05, 4.69) is 4.72 Å². The maximum Gasteiger partial charge on any atom is 0.254 e. The number of sulfonamides is 1. The van der Waals surface area contributed by atoms with Gasteiger partial charge in [-0.15, -0.1) is 0 Å². The normalized spacial score (nSPS) is 15.6. The number of hydrogen-bond acceptors (Lipinski definition) is 5. The maximum absolute atomic E-state index is 12.3. The van der Waals surface area contributed by atoms with Crippen LogP contribution in [-0.2, 0) is 19.5 Å². The van der Waals surface area contributed by atoms with Crippen molar-refractivity contribution in [3.63, 3.8) is 0 Å². The Kier molecular flexibility index (Phi) is 5.52. The molecule has 2 rings (SSSR count). The molecule has 122 valence electrons. The highest BCUT2D eigenvalue weighted by Gasteiger charge is 2.31. The van der Waals surface area contributed by atoms with Crippen LogP contribution in [0, 0.1) is 0 Å². The molecule has 22 heavy (non-hydrogen) atoms. The average Bonchev–Trinajstić information content (AvgIpc) is 2.46. The molecular formula is C14H20N2O5S. The van der Waals surface area contributed by atoms with E-state index in [9.17, 15) is 13.2 Å². The summed E-state index contributed by atoms with van der Waals surface area (Å²) in [6, 6.07) is 6.01. The van der Waals surface area contributed by atoms with Crippen molar-refractivity contribution in [3.05, 3.63) is 29.8 Å². The fourth-order valence-corrected chi connectivity index (χ4v) is 3.15. The fourth-order valence-electron chi connectivity index (χ4n) is 2.09. The lowest BCUT2D eigenvalue weighted by atomic mass is 10.1. The van der Waals surface area contributed by atoms with Crippen LogP contribution in [0.25, 0.3) is 0 Å². The van der Waals surface area contributed by atoms with Crippen molar-refractivity contribution in [2.75, 3.05) is 40.5 Å². The van der Waals surface area contributed by atoms with Gasteiger partial charge in [0.05, 0.1) is 17.6 Å². The van der Waals surface area contributed by atoms with Crippen molar-refractivity contribution in [1.82, 2.24) is 9.62 Å². The Morgan fingerprint density at radius 2 is 2.09 bits per heavy atom. The number of rotatable bonds is 7. The van der Waals surface area contributed by atoms with Gasteiger partial charge in [0.1, 0.15) is 0 Å². The monoisotopic (exact) mass is 328 g/mol. The molecule has 0 radical (unpaired) electrons. The zero-order valence-corrected chi connectivity index (χ0v) is 13.4. The van der Waals surface area contributed by atoms with E-state index in [1.54, 1.807) is 24.1 Å². The summed E-state index contributed by atoms with van der Waals surface area (Å²) in [5.41, 5.74) is 0.351. The topological polar surface area (TPSA) is 84.9 Å². The summed E-state index contributed by atoms with van der Waals surface area (Å²) in [5, 5.41) is 0. The van der Waals surface area contributed by atoms with Crippen LogP contribution in [0.2, 0.25) is 0 Å². The molecule has 1 N–H and O–H groups in total. The summed E-state index contributed by atoms with van der Waals surface area (Å²) >= 11 is 0. The first kappa shape index (κ1) is 16.9. The molecule has 0 bridgehead atoms. The van der Waals surface area contributed by atoms with Crippen LogP contribution in [0.5, 0.6) is 0 Å². The van der Waals surface area contributed by atoms with Crippen LogP contribution in [-0.4, -0.2) is 65.8 Å². The molecule has 1 amide bonds. The molecule has 1 fully saturated rings.